The molecule has 1 aromatic carbocycles. The number of hydrogen-bond donors (Lipinski definition) is 0. The van der Waals surface area contributed by atoms with Crippen molar-refractivity contribution in [1.29, 1.82) is 0 Å². The molecule has 40 heavy (non-hydrogen) atoms. The summed E-state index contributed by atoms with van der Waals surface area (Å²) in [6.45, 7) is 21.3. The van der Waals surface area contributed by atoms with Gasteiger partial charge in [0.05, 0.1) is 0 Å². The number of nitrogens with zero attached hydrogens (tertiary/aromatic N) is 1. The van der Waals surface area contributed by atoms with E-state index in [0.717, 1.165) is 49.3 Å². The van der Waals surface area contributed by atoms with Gasteiger partial charge in [-0.1, -0.05) is 89.6 Å². The zero-order valence-corrected chi connectivity index (χ0v) is 26.9. The number of benzene rings is 1. The smallest absolute Gasteiger partial charge is 0.270 e. The van der Waals surface area contributed by atoms with E-state index in [2.05, 4.69) is 25.4 Å². The number of ketones is 2. The monoisotopic (exact) mass is 557 g/mol. The lowest BCUT2D eigenvalue weighted by Crippen LogP contribution is -2.31. The molecule has 0 aliphatic carbocycles. The first kappa shape index (κ1) is 39.2. The maximum atomic E-state index is 13.8. The SMILES string of the molecule is C=C/C(=C(C)\C(=C/C)C(C)(F)F)c1ccc(/C(C=NC)=C/C)cc1.CC.CCCC(CCC)(CC(C)=O)C(C)=O. The predicted octanol–water partition coefficient (Wildman–Crippen LogP) is 10.5. The number of Topliss-reactive ketones (excluding diaryl/α,β-unsaturated/α-hetero) is 2. The van der Waals surface area contributed by atoms with Gasteiger partial charge in [0.2, 0.25) is 0 Å². The first-order chi connectivity index (χ1) is 18.8. The van der Waals surface area contributed by atoms with Crippen LogP contribution in [0, 0.1) is 5.41 Å². The van der Waals surface area contributed by atoms with E-state index in [0.29, 0.717) is 17.6 Å². The zero-order chi connectivity index (χ0) is 31.5. The van der Waals surface area contributed by atoms with Crippen molar-refractivity contribution < 1.29 is 18.4 Å². The van der Waals surface area contributed by atoms with E-state index in [-0.39, 0.29) is 22.6 Å². The second-order valence-corrected chi connectivity index (χ2v) is 9.76. The molecule has 0 aliphatic heterocycles. The Morgan fingerprint density at radius 3 is 1.70 bits per heavy atom. The van der Waals surface area contributed by atoms with Crippen molar-refractivity contribution in [3.8, 4) is 0 Å². The number of halogens is 2. The summed E-state index contributed by atoms with van der Waals surface area (Å²) < 4.78 is 27.6. The summed E-state index contributed by atoms with van der Waals surface area (Å²) in [6.07, 6.45) is 10.9. The molecule has 1 rings (SSSR count). The third-order valence-electron chi connectivity index (χ3n) is 6.67. The van der Waals surface area contributed by atoms with Crippen LogP contribution in [0.4, 0.5) is 8.78 Å². The Morgan fingerprint density at radius 2 is 1.40 bits per heavy atom. The van der Waals surface area contributed by atoms with Gasteiger partial charge in [-0.25, -0.2) is 8.78 Å². The maximum Gasteiger partial charge on any atom is 0.270 e. The van der Waals surface area contributed by atoms with E-state index in [9.17, 15) is 18.4 Å². The third-order valence-corrected chi connectivity index (χ3v) is 6.67. The lowest BCUT2D eigenvalue weighted by atomic mass is 9.72. The van der Waals surface area contributed by atoms with E-state index in [1.165, 1.54) is 6.08 Å². The molecule has 5 heteroatoms. The minimum Gasteiger partial charge on any atom is -0.300 e. The van der Waals surface area contributed by atoms with Crippen LogP contribution in [0.25, 0.3) is 11.1 Å². The third kappa shape index (κ3) is 12.5. The van der Waals surface area contributed by atoms with Gasteiger partial charge in [0.1, 0.15) is 11.6 Å². The highest BCUT2D eigenvalue weighted by Gasteiger charge is 2.34. The fourth-order valence-electron chi connectivity index (χ4n) is 4.94. The Labute approximate surface area is 243 Å². The van der Waals surface area contributed by atoms with Crippen molar-refractivity contribution in [2.45, 2.75) is 107 Å². The van der Waals surface area contributed by atoms with Crippen LogP contribution in [0.2, 0.25) is 0 Å². The Bertz CT molecular complexity index is 1050. The van der Waals surface area contributed by atoms with Crippen LogP contribution in [0.1, 0.15) is 112 Å². The molecule has 0 fully saturated rings. The highest BCUT2D eigenvalue weighted by molar-refractivity contribution is 6.09. The Hall–Kier alpha value is -2.95. The summed E-state index contributed by atoms with van der Waals surface area (Å²) in [6, 6.07) is 7.76. The molecule has 0 atom stereocenters. The van der Waals surface area contributed by atoms with Crippen molar-refractivity contribution in [2.75, 3.05) is 7.05 Å². The second kappa shape index (κ2) is 20.0. The number of hydrogen-bond acceptors (Lipinski definition) is 3. The molecular weight excluding hydrogens is 504 g/mol. The van der Waals surface area contributed by atoms with Crippen LogP contribution in [-0.2, 0) is 9.59 Å². The molecule has 0 aromatic heterocycles. The number of alkyl halides is 2. The van der Waals surface area contributed by atoms with Gasteiger partial charge < -0.3 is 0 Å². The molecule has 0 amide bonds. The summed E-state index contributed by atoms with van der Waals surface area (Å²) in [7, 11) is 1.73. The number of allylic oxidation sites excluding steroid dienone is 7. The predicted molar refractivity (Wildman–Crippen MR) is 171 cm³/mol. The fourth-order valence-corrected chi connectivity index (χ4v) is 4.94. The first-order valence-corrected chi connectivity index (χ1v) is 14.4. The van der Waals surface area contributed by atoms with E-state index in [4.69, 9.17) is 0 Å². The van der Waals surface area contributed by atoms with Gasteiger partial charge in [-0.15, -0.1) is 0 Å². The quantitative estimate of drug-likeness (QED) is 0.179. The van der Waals surface area contributed by atoms with Gasteiger partial charge in [0.25, 0.3) is 5.92 Å². The average molecular weight is 558 g/mol. The van der Waals surface area contributed by atoms with Crippen LogP contribution in [0.5, 0.6) is 0 Å². The molecule has 0 unspecified atom stereocenters. The van der Waals surface area contributed by atoms with Crippen molar-refractivity contribution in [3.05, 3.63) is 71.3 Å². The Morgan fingerprint density at radius 1 is 0.925 bits per heavy atom. The minimum atomic E-state index is -2.89. The van der Waals surface area contributed by atoms with E-state index in [1.807, 2.05) is 51.1 Å². The van der Waals surface area contributed by atoms with Crippen molar-refractivity contribution in [1.82, 2.24) is 0 Å². The molecule has 224 valence electrons. The van der Waals surface area contributed by atoms with E-state index >= 15 is 0 Å². The van der Waals surface area contributed by atoms with Crippen molar-refractivity contribution >= 4 is 28.9 Å². The largest absolute Gasteiger partial charge is 0.300 e. The summed E-state index contributed by atoms with van der Waals surface area (Å²) in [5.41, 5.74) is 3.80. The molecule has 3 nitrogen and oxygen atoms in total. The van der Waals surface area contributed by atoms with Gasteiger partial charge in [-0.2, -0.15) is 0 Å². The number of rotatable bonds is 13. The van der Waals surface area contributed by atoms with Crippen LogP contribution in [0.15, 0.2) is 65.2 Å². The average Bonchev–Trinajstić information content (AvgIpc) is 2.89. The summed E-state index contributed by atoms with van der Waals surface area (Å²) in [4.78, 5) is 26.8. The molecule has 1 aromatic rings. The molecule has 0 heterocycles. The van der Waals surface area contributed by atoms with E-state index < -0.39 is 5.92 Å². The lowest BCUT2D eigenvalue weighted by molar-refractivity contribution is -0.132. The lowest BCUT2D eigenvalue weighted by Gasteiger charge is -2.29. The van der Waals surface area contributed by atoms with Gasteiger partial charge in [0, 0.05) is 37.6 Å². The molecule has 0 bridgehead atoms. The summed E-state index contributed by atoms with van der Waals surface area (Å²) >= 11 is 0. The summed E-state index contributed by atoms with van der Waals surface area (Å²) in [5.74, 6) is -2.58. The number of aliphatic imine (C=N–C) groups is 1. The Kier molecular flexibility index (Phi) is 19.6. The molecule has 0 radical (unpaired) electrons. The van der Waals surface area contributed by atoms with Crippen molar-refractivity contribution in [3.63, 3.8) is 0 Å². The van der Waals surface area contributed by atoms with Crippen LogP contribution in [-0.4, -0.2) is 30.8 Å². The fraction of sp³-hybridized carbons (Fsp3) is 0.514. The van der Waals surface area contributed by atoms with Crippen LogP contribution < -0.4 is 0 Å². The highest BCUT2D eigenvalue weighted by Crippen LogP contribution is 2.35. The standard InChI is InChI=1S/C21H25F2N.C12H22O2.C2H6/c1-7-16(14-24-6)17-10-12-18(13-11-17)19(8-2)15(4)20(9-3)21(5,22)23;1-5-7-12(8-6-2,11(4)14)9-10(3)13;1-2/h7-14H,2H2,1,3-6H3;5-9H2,1-4H3;1-2H3/b16-7+,19-15+,20-9+,24-14?;;. The molecule has 0 spiro atoms. The molecular formula is C35H53F2NO2. The number of carbonyl (C=O) groups is 2. The maximum absolute atomic E-state index is 13.8. The zero-order valence-electron chi connectivity index (χ0n) is 26.9. The normalized spacial score (nSPS) is 13.0. The highest BCUT2D eigenvalue weighted by atomic mass is 19.3. The molecule has 0 saturated carbocycles. The minimum absolute atomic E-state index is 0.0220. The van der Waals surface area contributed by atoms with E-state index in [1.54, 1.807) is 47.0 Å². The van der Waals surface area contributed by atoms with Gasteiger partial charge >= 0.3 is 0 Å². The van der Waals surface area contributed by atoms with Crippen LogP contribution in [0.3, 0.4) is 0 Å². The second-order valence-electron chi connectivity index (χ2n) is 9.76. The van der Waals surface area contributed by atoms with Gasteiger partial charge in [0.15, 0.2) is 0 Å². The molecule has 0 saturated heterocycles. The topological polar surface area (TPSA) is 46.5 Å². The molecule has 0 aliphatic rings. The van der Waals surface area contributed by atoms with Gasteiger partial charge in [-0.3, -0.25) is 14.6 Å². The Balaban J connectivity index is 0. The van der Waals surface area contributed by atoms with Gasteiger partial charge in [-0.05, 0) is 75.3 Å². The van der Waals surface area contributed by atoms with Crippen molar-refractivity contribution in [2.24, 2.45) is 10.4 Å². The molecule has 0 N–H and O–H groups in total. The first-order valence-electron chi connectivity index (χ1n) is 14.4. The van der Waals surface area contributed by atoms with Crippen LogP contribution >= 0.6 is 0 Å². The number of carbonyl (C=O) groups excluding carboxylic acids is 2. The summed E-state index contributed by atoms with van der Waals surface area (Å²) in [5, 5.41) is 0.